The van der Waals surface area contributed by atoms with Crippen LogP contribution in [0.4, 0.5) is 5.95 Å². The maximum absolute atomic E-state index is 11.6. The Hall–Kier alpha value is -2.83. The standard InChI is InChI=1S/C26H29ClN4O2/c1-18(32)14-21-4-3-5-22(19(21)2)15-25-28-17-29-26(30-25)31-12-10-24(11-13-31)33-16-20-6-8-23(27)9-7-20/h3-9,17,24H,10-16H2,1-2H3. The molecule has 7 heteroatoms. The zero-order chi connectivity index (χ0) is 23.2. The Bertz CT molecular complexity index is 1100. The first-order valence-corrected chi connectivity index (χ1v) is 11.7. The number of benzene rings is 2. The number of anilines is 1. The zero-order valence-corrected chi connectivity index (χ0v) is 19.9. The molecule has 1 aliphatic heterocycles. The molecule has 0 N–H and O–H groups in total. The molecule has 1 aromatic heterocycles. The van der Waals surface area contributed by atoms with Gasteiger partial charge in [-0.15, -0.1) is 0 Å². The third-order valence-corrected chi connectivity index (χ3v) is 6.33. The van der Waals surface area contributed by atoms with Crippen molar-refractivity contribution >= 4 is 23.3 Å². The predicted octanol–water partition coefficient (Wildman–Crippen LogP) is 4.74. The van der Waals surface area contributed by atoms with Crippen molar-refractivity contribution in [2.75, 3.05) is 18.0 Å². The van der Waals surface area contributed by atoms with Gasteiger partial charge in [-0.1, -0.05) is 41.9 Å². The molecule has 3 aromatic rings. The minimum absolute atomic E-state index is 0.165. The van der Waals surface area contributed by atoms with Crippen LogP contribution >= 0.6 is 11.6 Å². The molecule has 33 heavy (non-hydrogen) atoms. The van der Waals surface area contributed by atoms with Crippen LogP contribution in [-0.2, 0) is 29.0 Å². The molecule has 1 aliphatic rings. The minimum Gasteiger partial charge on any atom is -0.373 e. The average Bonchev–Trinajstić information content (AvgIpc) is 2.82. The number of piperidine rings is 1. The number of nitrogens with zero attached hydrogens (tertiary/aromatic N) is 4. The summed E-state index contributed by atoms with van der Waals surface area (Å²) in [4.78, 5) is 27.3. The van der Waals surface area contributed by atoms with E-state index in [4.69, 9.17) is 21.3 Å². The van der Waals surface area contributed by atoms with Crippen LogP contribution in [0.5, 0.6) is 0 Å². The third kappa shape index (κ3) is 6.36. The smallest absolute Gasteiger partial charge is 0.228 e. The summed E-state index contributed by atoms with van der Waals surface area (Å²) >= 11 is 5.95. The number of ketones is 1. The lowest BCUT2D eigenvalue weighted by Gasteiger charge is -2.32. The van der Waals surface area contributed by atoms with E-state index in [9.17, 15) is 4.79 Å². The number of rotatable bonds is 8. The van der Waals surface area contributed by atoms with Gasteiger partial charge >= 0.3 is 0 Å². The van der Waals surface area contributed by atoms with Gasteiger partial charge in [0.25, 0.3) is 0 Å². The largest absolute Gasteiger partial charge is 0.373 e. The van der Waals surface area contributed by atoms with Gasteiger partial charge in [0.05, 0.1) is 12.7 Å². The minimum atomic E-state index is 0.165. The molecule has 0 unspecified atom stereocenters. The number of Topliss-reactive ketones (excluding diaryl/α,β-unsaturated/α-hetero) is 1. The van der Waals surface area contributed by atoms with Crippen molar-refractivity contribution in [1.29, 1.82) is 0 Å². The van der Waals surface area contributed by atoms with E-state index in [1.54, 1.807) is 13.3 Å². The Morgan fingerprint density at radius 2 is 1.82 bits per heavy atom. The first-order valence-electron chi connectivity index (χ1n) is 11.3. The average molecular weight is 465 g/mol. The van der Waals surface area contributed by atoms with Crippen molar-refractivity contribution in [3.63, 3.8) is 0 Å². The third-order valence-electron chi connectivity index (χ3n) is 6.08. The Morgan fingerprint density at radius 1 is 1.09 bits per heavy atom. The Balaban J connectivity index is 1.34. The van der Waals surface area contributed by atoms with E-state index < -0.39 is 0 Å². The predicted molar refractivity (Wildman–Crippen MR) is 130 cm³/mol. The van der Waals surface area contributed by atoms with Crippen LogP contribution in [0.1, 0.15) is 47.8 Å². The van der Waals surface area contributed by atoms with E-state index in [0.29, 0.717) is 25.4 Å². The molecule has 1 fully saturated rings. The van der Waals surface area contributed by atoms with Crippen LogP contribution < -0.4 is 4.90 Å². The van der Waals surface area contributed by atoms with E-state index >= 15 is 0 Å². The van der Waals surface area contributed by atoms with Gasteiger partial charge in [-0.2, -0.15) is 4.98 Å². The fourth-order valence-electron chi connectivity index (χ4n) is 4.13. The summed E-state index contributed by atoms with van der Waals surface area (Å²) in [7, 11) is 0. The molecule has 0 saturated carbocycles. The molecule has 4 rings (SSSR count). The highest BCUT2D eigenvalue weighted by atomic mass is 35.5. The first-order chi connectivity index (χ1) is 16.0. The van der Waals surface area contributed by atoms with Crippen LogP contribution in [0.25, 0.3) is 0 Å². The van der Waals surface area contributed by atoms with Crippen molar-refractivity contribution in [2.45, 2.75) is 52.2 Å². The molecule has 2 aromatic carbocycles. The van der Waals surface area contributed by atoms with Gasteiger partial charge in [0.15, 0.2) is 0 Å². The van der Waals surface area contributed by atoms with Gasteiger partial charge in [0.2, 0.25) is 5.95 Å². The Kier molecular flexibility index (Phi) is 7.68. The lowest BCUT2D eigenvalue weighted by atomic mass is 9.97. The normalized spacial score (nSPS) is 14.5. The number of carbonyl (C=O) groups excluding carboxylic acids is 1. The Morgan fingerprint density at radius 3 is 2.55 bits per heavy atom. The summed E-state index contributed by atoms with van der Waals surface area (Å²) < 4.78 is 6.10. The topological polar surface area (TPSA) is 68.2 Å². The van der Waals surface area contributed by atoms with Crippen LogP contribution in [0.2, 0.25) is 5.02 Å². The van der Waals surface area contributed by atoms with Gasteiger partial charge < -0.3 is 9.64 Å². The molecule has 1 saturated heterocycles. The molecule has 0 radical (unpaired) electrons. The zero-order valence-electron chi connectivity index (χ0n) is 19.1. The van der Waals surface area contributed by atoms with Crippen LogP contribution in [0.3, 0.4) is 0 Å². The first kappa shape index (κ1) is 23.3. The molecule has 2 heterocycles. The highest BCUT2D eigenvalue weighted by Gasteiger charge is 2.22. The van der Waals surface area contributed by atoms with Crippen molar-refractivity contribution in [3.05, 3.63) is 81.9 Å². The van der Waals surface area contributed by atoms with Gasteiger partial charge in [-0.25, -0.2) is 9.97 Å². The van der Waals surface area contributed by atoms with Crippen molar-refractivity contribution in [2.24, 2.45) is 0 Å². The molecule has 0 spiro atoms. The Labute approximate surface area is 200 Å². The summed E-state index contributed by atoms with van der Waals surface area (Å²) in [6.45, 7) is 5.98. The maximum atomic E-state index is 11.6. The van der Waals surface area contributed by atoms with Gasteiger partial charge in [0.1, 0.15) is 17.9 Å². The lowest BCUT2D eigenvalue weighted by molar-refractivity contribution is -0.116. The quantitative estimate of drug-likeness (QED) is 0.479. The second-order valence-corrected chi connectivity index (χ2v) is 9.02. The van der Waals surface area contributed by atoms with E-state index in [1.165, 1.54) is 0 Å². The SMILES string of the molecule is CC(=O)Cc1cccc(Cc2ncnc(N3CCC(OCc4ccc(Cl)cc4)CC3)n2)c1C. The number of halogens is 1. The second-order valence-electron chi connectivity index (χ2n) is 8.58. The molecular weight excluding hydrogens is 436 g/mol. The van der Waals surface area contributed by atoms with Crippen molar-refractivity contribution < 1.29 is 9.53 Å². The molecule has 6 nitrogen and oxygen atoms in total. The van der Waals surface area contributed by atoms with E-state index in [0.717, 1.165) is 59.0 Å². The summed E-state index contributed by atoms with van der Waals surface area (Å²) in [5.74, 6) is 1.62. The molecule has 0 bridgehead atoms. The number of carbonyl (C=O) groups is 1. The van der Waals surface area contributed by atoms with Gasteiger partial charge in [-0.05, 0) is 61.1 Å². The highest BCUT2D eigenvalue weighted by Crippen LogP contribution is 2.21. The van der Waals surface area contributed by atoms with Crippen LogP contribution in [0.15, 0.2) is 48.8 Å². The molecule has 0 aliphatic carbocycles. The summed E-state index contributed by atoms with van der Waals surface area (Å²) in [5.41, 5.74) is 4.47. The highest BCUT2D eigenvalue weighted by molar-refractivity contribution is 6.30. The molecule has 0 amide bonds. The van der Waals surface area contributed by atoms with E-state index in [2.05, 4.69) is 27.9 Å². The monoisotopic (exact) mass is 464 g/mol. The number of aromatic nitrogens is 3. The van der Waals surface area contributed by atoms with Gasteiger partial charge in [-0.3, -0.25) is 4.79 Å². The molecular formula is C26H29ClN4O2. The van der Waals surface area contributed by atoms with Crippen LogP contribution in [-0.4, -0.2) is 39.9 Å². The van der Waals surface area contributed by atoms with E-state index in [1.807, 2.05) is 36.4 Å². The van der Waals surface area contributed by atoms with Crippen molar-refractivity contribution in [3.8, 4) is 0 Å². The lowest BCUT2D eigenvalue weighted by Crippen LogP contribution is -2.38. The second kappa shape index (κ2) is 10.9. The van der Waals surface area contributed by atoms with Crippen molar-refractivity contribution in [1.82, 2.24) is 15.0 Å². The number of hydrogen-bond acceptors (Lipinski definition) is 6. The van der Waals surface area contributed by atoms with Gasteiger partial charge in [0, 0.05) is 31.0 Å². The fourth-order valence-corrected chi connectivity index (χ4v) is 4.26. The number of hydrogen-bond donors (Lipinski definition) is 0. The number of ether oxygens (including phenoxy) is 1. The molecule has 0 atom stereocenters. The summed E-state index contributed by atoms with van der Waals surface area (Å²) in [6.07, 6.45) is 4.76. The fraction of sp³-hybridized carbons (Fsp3) is 0.385. The summed E-state index contributed by atoms with van der Waals surface area (Å²) in [5, 5.41) is 0.739. The summed E-state index contributed by atoms with van der Waals surface area (Å²) in [6, 6.07) is 13.9. The maximum Gasteiger partial charge on any atom is 0.228 e. The van der Waals surface area contributed by atoms with Crippen LogP contribution in [0, 0.1) is 6.92 Å². The molecule has 172 valence electrons. The van der Waals surface area contributed by atoms with E-state index in [-0.39, 0.29) is 11.9 Å².